The summed E-state index contributed by atoms with van der Waals surface area (Å²) >= 11 is 0. The highest BCUT2D eigenvalue weighted by molar-refractivity contribution is 7.89. The molecule has 1 atom stereocenters. The number of nitrogens with one attached hydrogen (secondary N) is 1. The van der Waals surface area contributed by atoms with Crippen LogP contribution < -0.4 is 14.8 Å². The summed E-state index contributed by atoms with van der Waals surface area (Å²) in [6.45, 7) is 0. The highest BCUT2D eigenvalue weighted by Gasteiger charge is 2.44. The lowest BCUT2D eigenvalue weighted by Crippen LogP contribution is -2.45. The molecule has 0 aliphatic carbocycles. The molecule has 0 radical (unpaired) electrons. The Kier molecular flexibility index (Phi) is 5.73. The van der Waals surface area contributed by atoms with E-state index >= 15 is 0 Å². The number of ether oxygens (including phenoxy) is 2. The first-order valence-electron chi connectivity index (χ1n) is 8.63. The second kappa shape index (κ2) is 8.08. The van der Waals surface area contributed by atoms with E-state index in [0.717, 1.165) is 24.3 Å². The molecule has 10 heteroatoms. The van der Waals surface area contributed by atoms with Crippen molar-refractivity contribution < 1.29 is 31.9 Å². The number of anilines is 1. The molecule has 2 aromatic carbocycles. The Balaban J connectivity index is 1.86. The Morgan fingerprint density at radius 1 is 1.10 bits per heavy atom. The van der Waals surface area contributed by atoms with Crippen molar-refractivity contribution in [1.82, 2.24) is 4.31 Å². The van der Waals surface area contributed by atoms with E-state index in [1.807, 2.05) is 0 Å². The standard InChI is InChI=1S/C19H19FN2O6S/c1-27-16-9-5-13(11-17(16)28-2)21-19(24)15-8-10-18(23)22(15)29(25,26)14-6-3-12(20)4-7-14/h3-7,9,11,15H,8,10H2,1-2H3,(H,21,24). The van der Waals surface area contributed by atoms with Crippen LogP contribution in [0.15, 0.2) is 47.4 Å². The Morgan fingerprint density at radius 3 is 2.38 bits per heavy atom. The largest absolute Gasteiger partial charge is 0.493 e. The summed E-state index contributed by atoms with van der Waals surface area (Å²) < 4.78 is 49.8. The van der Waals surface area contributed by atoms with Crippen molar-refractivity contribution in [1.29, 1.82) is 0 Å². The SMILES string of the molecule is COc1ccc(NC(=O)C2CCC(=O)N2S(=O)(=O)c2ccc(F)cc2)cc1OC. The van der Waals surface area contributed by atoms with Gasteiger partial charge >= 0.3 is 0 Å². The Hall–Kier alpha value is -3.14. The van der Waals surface area contributed by atoms with Crippen molar-refractivity contribution in [3.05, 3.63) is 48.3 Å². The van der Waals surface area contributed by atoms with Gasteiger partial charge in [-0.25, -0.2) is 17.1 Å². The normalized spacial score (nSPS) is 16.6. The number of hydrogen-bond donors (Lipinski definition) is 1. The van der Waals surface area contributed by atoms with E-state index in [9.17, 15) is 22.4 Å². The summed E-state index contributed by atoms with van der Waals surface area (Å²) in [4.78, 5) is 24.8. The Bertz CT molecular complexity index is 1040. The zero-order chi connectivity index (χ0) is 21.2. The lowest BCUT2D eigenvalue weighted by molar-refractivity contribution is -0.128. The van der Waals surface area contributed by atoms with Gasteiger partial charge in [0.15, 0.2) is 11.5 Å². The van der Waals surface area contributed by atoms with Gasteiger partial charge in [-0.15, -0.1) is 0 Å². The topological polar surface area (TPSA) is 102 Å². The molecule has 2 aromatic rings. The number of halogens is 1. The monoisotopic (exact) mass is 422 g/mol. The molecule has 3 rings (SSSR count). The Labute approximate surface area is 167 Å². The minimum atomic E-state index is -4.30. The third-order valence-electron chi connectivity index (χ3n) is 4.48. The number of hydrogen-bond acceptors (Lipinski definition) is 6. The molecule has 8 nitrogen and oxygen atoms in total. The molecule has 0 spiro atoms. The molecule has 0 aromatic heterocycles. The van der Waals surface area contributed by atoms with Crippen LogP contribution in [-0.4, -0.2) is 44.8 Å². The zero-order valence-electron chi connectivity index (χ0n) is 15.7. The summed E-state index contributed by atoms with van der Waals surface area (Å²) in [5, 5.41) is 2.60. The maximum absolute atomic E-state index is 13.1. The first-order valence-corrected chi connectivity index (χ1v) is 10.1. The van der Waals surface area contributed by atoms with Gasteiger partial charge in [-0.05, 0) is 42.8 Å². The van der Waals surface area contributed by atoms with Crippen LogP contribution in [-0.2, 0) is 19.6 Å². The number of nitrogens with zero attached hydrogens (tertiary/aromatic N) is 1. The van der Waals surface area contributed by atoms with Crippen LogP contribution in [0, 0.1) is 5.82 Å². The summed E-state index contributed by atoms with van der Waals surface area (Å²) in [5.74, 6) is -1.12. The zero-order valence-corrected chi connectivity index (χ0v) is 16.5. The number of carbonyl (C=O) groups excluding carboxylic acids is 2. The average Bonchev–Trinajstić information content (AvgIpc) is 3.10. The Morgan fingerprint density at radius 2 is 1.76 bits per heavy atom. The smallest absolute Gasteiger partial charge is 0.267 e. The fourth-order valence-electron chi connectivity index (χ4n) is 3.06. The molecule has 1 saturated heterocycles. The third kappa shape index (κ3) is 4.02. The van der Waals surface area contributed by atoms with Gasteiger partial charge in [0.1, 0.15) is 11.9 Å². The van der Waals surface area contributed by atoms with E-state index in [1.54, 1.807) is 12.1 Å². The maximum Gasteiger partial charge on any atom is 0.267 e. The van der Waals surface area contributed by atoms with E-state index < -0.39 is 33.7 Å². The molecule has 1 heterocycles. The van der Waals surface area contributed by atoms with E-state index in [-0.39, 0.29) is 17.7 Å². The molecule has 0 saturated carbocycles. The molecular weight excluding hydrogens is 403 g/mol. The molecule has 0 bridgehead atoms. The van der Waals surface area contributed by atoms with E-state index in [4.69, 9.17) is 9.47 Å². The predicted octanol–water partition coefficient (Wildman–Crippen LogP) is 2.16. The van der Waals surface area contributed by atoms with Crippen molar-refractivity contribution >= 4 is 27.5 Å². The van der Waals surface area contributed by atoms with Crippen molar-refractivity contribution in [3.63, 3.8) is 0 Å². The van der Waals surface area contributed by atoms with Gasteiger partial charge in [0.2, 0.25) is 11.8 Å². The van der Waals surface area contributed by atoms with Crippen molar-refractivity contribution in [3.8, 4) is 11.5 Å². The molecule has 1 unspecified atom stereocenters. The van der Waals surface area contributed by atoms with Crippen LogP contribution in [0.25, 0.3) is 0 Å². The molecule has 1 N–H and O–H groups in total. The first kappa shape index (κ1) is 20.6. The quantitative estimate of drug-likeness (QED) is 0.766. The summed E-state index contributed by atoms with van der Waals surface area (Å²) in [7, 11) is -1.39. The predicted molar refractivity (Wildman–Crippen MR) is 102 cm³/mol. The van der Waals surface area contributed by atoms with Crippen molar-refractivity contribution in [2.45, 2.75) is 23.8 Å². The lowest BCUT2D eigenvalue weighted by atomic mass is 10.2. The second-order valence-corrected chi connectivity index (χ2v) is 8.08. The molecule has 154 valence electrons. The molecule has 2 amide bonds. The summed E-state index contributed by atoms with van der Waals surface area (Å²) in [6, 6.07) is 7.52. The van der Waals surface area contributed by atoms with Crippen molar-refractivity contribution in [2.75, 3.05) is 19.5 Å². The minimum absolute atomic E-state index is 0.0401. The van der Waals surface area contributed by atoms with Gasteiger partial charge in [0, 0.05) is 18.2 Å². The molecular formula is C19H19FN2O6S. The van der Waals surface area contributed by atoms with Gasteiger partial charge in [0.25, 0.3) is 10.0 Å². The highest BCUT2D eigenvalue weighted by atomic mass is 32.2. The number of benzene rings is 2. The van der Waals surface area contributed by atoms with Crippen LogP contribution in [0.5, 0.6) is 11.5 Å². The van der Waals surface area contributed by atoms with Gasteiger partial charge in [0.05, 0.1) is 19.1 Å². The van der Waals surface area contributed by atoms with Gasteiger partial charge in [-0.3, -0.25) is 9.59 Å². The second-order valence-electron chi connectivity index (χ2n) is 6.26. The molecule has 1 fully saturated rings. The highest BCUT2D eigenvalue weighted by Crippen LogP contribution is 2.31. The third-order valence-corrected chi connectivity index (χ3v) is 6.33. The van der Waals surface area contributed by atoms with Gasteiger partial charge in [-0.2, -0.15) is 0 Å². The molecule has 1 aliphatic rings. The van der Waals surface area contributed by atoms with Crippen LogP contribution in [0.2, 0.25) is 0 Å². The fourth-order valence-corrected chi connectivity index (χ4v) is 4.66. The van der Waals surface area contributed by atoms with Crippen LogP contribution >= 0.6 is 0 Å². The van der Waals surface area contributed by atoms with E-state index in [1.165, 1.54) is 20.3 Å². The van der Waals surface area contributed by atoms with Crippen LogP contribution in [0.3, 0.4) is 0 Å². The number of rotatable bonds is 6. The minimum Gasteiger partial charge on any atom is -0.493 e. The number of methoxy groups -OCH3 is 2. The number of carbonyl (C=O) groups is 2. The molecule has 1 aliphatic heterocycles. The van der Waals surface area contributed by atoms with E-state index in [0.29, 0.717) is 21.5 Å². The van der Waals surface area contributed by atoms with Crippen molar-refractivity contribution in [2.24, 2.45) is 0 Å². The fraction of sp³-hybridized carbons (Fsp3) is 0.263. The van der Waals surface area contributed by atoms with Crippen LogP contribution in [0.4, 0.5) is 10.1 Å². The first-order chi connectivity index (χ1) is 13.8. The molecule has 29 heavy (non-hydrogen) atoms. The van der Waals surface area contributed by atoms with Crippen LogP contribution in [0.1, 0.15) is 12.8 Å². The maximum atomic E-state index is 13.1. The number of amides is 2. The van der Waals surface area contributed by atoms with Gasteiger partial charge in [-0.1, -0.05) is 0 Å². The summed E-state index contributed by atoms with van der Waals surface area (Å²) in [5.41, 5.74) is 0.353. The number of sulfonamides is 1. The van der Waals surface area contributed by atoms with Gasteiger partial charge < -0.3 is 14.8 Å². The lowest BCUT2D eigenvalue weighted by Gasteiger charge is -2.24. The summed E-state index contributed by atoms with van der Waals surface area (Å²) in [6.07, 6.45) is -0.0528. The average molecular weight is 422 g/mol. The van der Waals surface area contributed by atoms with E-state index in [2.05, 4.69) is 5.32 Å².